The van der Waals surface area contributed by atoms with Gasteiger partial charge in [0.1, 0.15) is 6.33 Å². The molecule has 4 heterocycles. The number of fused-ring (bicyclic) bond motifs is 1. The van der Waals surface area contributed by atoms with Crippen molar-refractivity contribution in [1.29, 1.82) is 0 Å². The van der Waals surface area contributed by atoms with Gasteiger partial charge >= 0.3 is 0 Å². The molecule has 3 aromatic heterocycles. The molecule has 0 bridgehead atoms. The quantitative estimate of drug-likeness (QED) is 0.758. The van der Waals surface area contributed by atoms with E-state index in [0.29, 0.717) is 6.54 Å². The average Bonchev–Trinajstić information content (AvgIpc) is 3.16. The molecule has 0 aromatic carbocycles. The van der Waals surface area contributed by atoms with Crippen molar-refractivity contribution in [1.82, 2.24) is 29.5 Å². The van der Waals surface area contributed by atoms with Gasteiger partial charge in [-0.15, -0.1) is 0 Å². The van der Waals surface area contributed by atoms with Gasteiger partial charge in [-0.1, -0.05) is 6.07 Å². The number of aliphatic hydroxyl groups is 1. The molecular weight excluding hydrogens is 292 g/mol. The van der Waals surface area contributed by atoms with E-state index in [4.69, 9.17) is 0 Å². The number of β-amino-alcohol motifs (C(OH)–C–C–N with tert-alkyl or cyclic N) is 1. The second kappa shape index (κ2) is 6.02. The van der Waals surface area contributed by atoms with Crippen LogP contribution < -0.4 is 0 Å². The molecule has 4 rings (SSSR count). The second-order valence-corrected chi connectivity index (χ2v) is 5.97. The van der Waals surface area contributed by atoms with Crippen LogP contribution in [0.15, 0.2) is 43.1 Å². The molecule has 0 saturated carbocycles. The molecule has 3 aromatic rings. The Kier molecular flexibility index (Phi) is 3.72. The normalized spacial score (nSPS) is 22.0. The summed E-state index contributed by atoms with van der Waals surface area (Å²) in [7, 11) is 0. The van der Waals surface area contributed by atoms with Crippen LogP contribution in [0.5, 0.6) is 0 Å². The zero-order chi connectivity index (χ0) is 15.6. The van der Waals surface area contributed by atoms with Crippen LogP contribution in [0.25, 0.3) is 5.65 Å². The highest BCUT2D eigenvalue weighted by molar-refractivity contribution is 5.37. The van der Waals surface area contributed by atoms with Crippen LogP contribution in [0.3, 0.4) is 0 Å². The minimum absolute atomic E-state index is 0.182. The van der Waals surface area contributed by atoms with Crippen LogP contribution >= 0.6 is 0 Å². The first-order valence-electron chi connectivity index (χ1n) is 7.72. The highest BCUT2D eigenvalue weighted by Crippen LogP contribution is 2.22. The zero-order valence-electron chi connectivity index (χ0n) is 12.7. The van der Waals surface area contributed by atoms with Crippen LogP contribution in [0.4, 0.5) is 0 Å². The third kappa shape index (κ3) is 2.93. The smallest absolute Gasteiger partial charge is 0.155 e. The number of pyridine rings is 1. The summed E-state index contributed by atoms with van der Waals surface area (Å²) in [5.41, 5.74) is 2.85. The van der Waals surface area contributed by atoms with Crippen LogP contribution in [0.1, 0.15) is 11.4 Å². The van der Waals surface area contributed by atoms with Crippen molar-refractivity contribution in [2.45, 2.75) is 19.1 Å². The molecule has 118 valence electrons. The summed E-state index contributed by atoms with van der Waals surface area (Å²) >= 11 is 0. The predicted octanol–water partition coefficient (Wildman–Crippen LogP) is 0.555. The molecule has 1 aliphatic heterocycles. The van der Waals surface area contributed by atoms with Gasteiger partial charge in [0.05, 0.1) is 17.5 Å². The van der Waals surface area contributed by atoms with Gasteiger partial charge in [0, 0.05) is 44.1 Å². The fourth-order valence-corrected chi connectivity index (χ4v) is 3.23. The predicted molar refractivity (Wildman–Crippen MR) is 83.5 cm³/mol. The lowest BCUT2D eigenvalue weighted by atomic mass is 10.0. The summed E-state index contributed by atoms with van der Waals surface area (Å²) in [6.45, 7) is 2.24. The highest BCUT2D eigenvalue weighted by Gasteiger charge is 2.31. The average molecular weight is 310 g/mol. The van der Waals surface area contributed by atoms with Crippen molar-refractivity contribution >= 4 is 5.65 Å². The van der Waals surface area contributed by atoms with E-state index in [2.05, 4.69) is 25.0 Å². The molecule has 0 aliphatic carbocycles. The van der Waals surface area contributed by atoms with Crippen molar-refractivity contribution in [3.8, 4) is 0 Å². The zero-order valence-corrected chi connectivity index (χ0v) is 12.7. The van der Waals surface area contributed by atoms with Crippen LogP contribution in [-0.2, 0) is 13.0 Å². The number of hydrogen-bond acceptors (Lipinski definition) is 6. The third-order valence-corrected chi connectivity index (χ3v) is 4.34. The van der Waals surface area contributed by atoms with Gasteiger partial charge in [0.15, 0.2) is 5.65 Å². The number of aliphatic hydroxyl groups excluding tert-OH is 1. The molecule has 23 heavy (non-hydrogen) atoms. The van der Waals surface area contributed by atoms with Crippen LogP contribution in [0.2, 0.25) is 0 Å². The van der Waals surface area contributed by atoms with Crippen molar-refractivity contribution in [3.05, 3.63) is 54.5 Å². The minimum atomic E-state index is -0.341. The molecule has 7 heteroatoms. The van der Waals surface area contributed by atoms with E-state index in [1.165, 1.54) is 0 Å². The maximum absolute atomic E-state index is 10.3. The topological polar surface area (TPSA) is 79.4 Å². The Labute approximate surface area is 133 Å². The summed E-state index contributed by atoms with van der Waals surface area (Å²) in [5.74, 6) is 0.182. The summed E-state index contributed by atoms with van der Waals surface area (Å²) in [4.78, 5) is 14.9. The fourth-order valence-electron chi connectivity index (χ4n) is 3.23. The van der Waals surface area contributed by atoms with E-state index in [1.54, 1.807) is 24.9 Å². The fraction of sp³-hybridized carbons (Fsp3) is 0.375. The number of hydrogen-bond donors (Lipinski definition) is 1. The Balaban J connectivity index is 1.46. The standard InChI is InChI=1S/C16H18N6O/c23-15-10-21(8-12(15)6-13-7-17-4-5-18-13)9-14-2-1-3-16-19-11-20-22(14)16/h1-5,7,11-12,15,23H,6,8-10H2/t12-,15-/m1/s1. The van der Waals surface area contributed by atoms with Crippen LogP contribution in [-0.4, -0.2) is 53.8 Å². The molecule has 0 amide bonds. The van der Waals surface area contributed by atoms with Crippen LogP contribution in [0, 0.1) is 5.92 Å². The van der Waals surface area contributed by atoms with Gasteiger partial charge in [-0.2, -0.15) is 5.10 Å². The van der Waals surface area contributed by atoms with Crippen molar-refractivity contribution in [2.75, 3.05) is 13.1 Å². The SMILES string of the molecule is O[C@@H]1CN(Cc2cccc3ncnn23)C[C@H]1Cc1cnccn1. The number of rotatable bonds is 4. The summed E-state index contributed by atoms with van der Waals surface area (Å²) < 4.78 is 1.85. The Hall–Kier alpha value is -2.38. The lowest BCUT2D eigenvalue weighted by Gasteiger charge is -2.16. The Morgan fingerprint density at radius 3 is 3.00 bits per heavy atom. The van der Waals surface area contributed by atoms with Gasteiger partial charge in [0.2, 0.25) is 0 Å². The van der Waals surface area contributed by atoms with Gasteiger partial charge in [-0.3, -0.25) is 14.9 Å². The van der Waals surface area contributed by atoms with Gasteiger partial charge < -0.3 is 5.11 Å². The van der Waals surface area contributed by atoms with E-state index in [0.717, 1.165) is 36.5 Å². The van der Waals surface area contributed by atoms with Gasteiger partial charge in [-0.05, 0) is 18.6 Å². The Morgan fingerprint density at radius 1 is 1.17 bits per heavy atom. The van der Waals surface area contributed by atoms with E-state index >= 15 is 0 Å². The number of aromatic nitrogens is 5. The number of likely N-dealkylation sites (tertiary alicyclic amines) is 1. The van der Waals surface area contributed by atoms with Crippen molar-refractivity contribution in [2.24, 2.45) is 5.92 Å². The molecule has 0 spiro atoms. The molecule has 0 unspecified atom stereocenters. The first kappa shape index (κ1) is 14.2. The van der Waals surface area contributed by atoms with Crippen molar-refractivity contribution < 1.29 is 5.11 Å². The van der Waals surface area contributed by atoms with Gasteiger partial charge in [0.25, 0.3) is 0 Å². The molecule has 1 saturated heterocycles. The Morgan fingerprint density at radius 2 is 2.13 bits per heavy atom. The van der Waals surface area contributed by atoms with E-state index in [1.807, 2.05) is 22.7 Å². The summed E-state index contributed by atoms with van der Waals surface area (Å²) in [5, 5.41) is 14.6. The molecule has 1 aliphatic rings. The highest BCUT2D eigenvalue weighted by atomic mass is 16.3. The first-order chi connectivity index (χ1) is 11.3. The first-order valence-corrected chi connectivity index (χ1v) is 7.72. The maximum Gasteiger partial charge on any atom is 0.155 e. The van der Waals surface area contributed by atoms with E-state index in [9.17, 15) is 5.11 Å². The van der Waals surface area contributed by atoms with Crippen molar-refractivity contribution in [3.63, 3.8) is 0 Å². The molecular formula is C16H18N6O. The number of nitrogens with zero attached hydrogens (tertiary/aromatic N) is 6. The monoisotopic (exact) mass is 310 g/mol. The van der Waals surface area contributed by atoms with E-state index < -0.39 is 0 Å². The second-order valence-electron chi connectivity index (χ2n) is 5.97. The summed E-state index contributed by atoms with van der Waals surface area (Å²) in [6, 6.07) is 5.97. The summed E-state index contributed by atoms with van der Waals surface area (Å²) in [6.07, 6.45) is 7.10. The molecule has 2 atom stereocenters. The Bertz CT molecular complexity index is 789. The lowest BCUT2D eigenvalue weighted by Crippen LogP contribution is -2.22. The van der Waals surface area contributed by atoms with E-state index in [-0.39, 0.29) is 12.0 Å². The minimum Gasteiger partial charge on any atom is -0.391 e. The molecule has 1 N–H and O–H groups in total. The molecule has 0 radical (unpaired) electrons. The largest absolute Gasteiger partial charge is 0.391 e. The molecule has 7 nitrogen and oxygen atoms in total. The lowest BCUT2D eigenvalue weighted by molar-refractivity contribution is 0.140. The maximum atomic E-state index is 10.3. The van der Waals surface area contributed by atoms with Gasteiger partial charge in [-0.25, -0.2) is 9.50 Å². The molecule has 1 fully saturated rings. The third-order valence-electron chi connectivity index (χ3n) is 4.34.